The van der Waals surface area contributed by atoms with E-state index in [1.54, 1.807) is 18.6 Å². The van der Waals surface area contributed by atoms with Crippen molar-refractivity contribution in [3.63, 3.8) is 0 Å². The van der Waals surface area contributed by atoms with Crippen LogP contribution in [0.2, 0.25) is 0 Å². The molecule has 108 valence electrons. The van der Waals surface area contributed by atoms with Crippen LogP contribution >= 0.6 is 0 Å². The van der Waals surface area contributed by atoms with Gasteiger partial charge in [-0.15, -0.1) is 0 Å². The summed E-state index contributed by atoms with van der Waals surface area (Å²) in [4.78, 5) is 33.4. The Morgan fingerprint density at radius 2 is 2.00 bits per heavy atom. The minimum Gasteiger partial charge on any atom is -0.347 e. The lowest BCUT2D eigenvalue weighted by Crippen LogP contribution is -2.42. The van der Waals surface area contributed by atoms with Crippen molar-refractivity contribution >= 4 is 11.8 Å². The molecule has 20 heavy (non-hydrogen) atoms. The van der Waals surface area contributed by atoms with Crippen molar-refractivity contribution < 1.29 is 9.59 Å². The molecule has 0 radical (unpaired) electrons. The lowest BCUT2D eigenvalue weighted by Gasteiger charge is -2.26. The molecule has 1 aliphatic rings. The third-order valence-electron chi connectivity index (χ3n) is 3.37. The molecular formula is C14H20N4O2. The lowest BCUT2D eigenvalue weighted by molar-refractivity contribution is -0.133. The van der Waals surface area contributed by atoms with Gasteiger partial charge in [0.2, 0.25) is 11.8 Å². The quantitative estimate of drug-likeness (QED) is 0.851. The summed E-state index contributed by atoms with van der Waals surface area (Å²) in [6.07, 6.45) is 9.02. The van der Waals surface area contributed by atoms with E-state index in [9.17, 15) is 9.59 Å². The molecule has 0 bridgehead atoms. The van der Waals surface area contributed by atoms with E-state index in [-0.39, 0.29) is 18.4 Å². The molecule has 1 aromatic rings. The first-order chi connectivity index (χ1) is 9.75. The van der Waals surface area contributed by atoms with Gasteiger partial charge in [-0.25, -0.2) is 0 Å². The average molecular weight is 276 g/mol. The zero-order valence-corrected chi connectivity index (χ0v) is 11.5. The van der Waals surface area contributed by atoms with Gasteiger partial charge in [-0.1, -0.05) is 0 Å². The molecule has 1 N–H and O–H groups in total. The molecule has 0 aliphatic carbocycles. The zero-order valence-electron chi connectivity index (χ0n) is 11.5. The molecule has 2 heterocycles. The monoisotopic (exact) mass is 276 g/mol. The van der Waals surface area contributed by atoms with Crippen LogP contribution in [0.4, 0.5) is 0 Å². The Hall–Kier alpha value is -1.98. The third-order valence-corrected chi connectivity index (χ3v) is 3.37. The van der Waals surface area contributed by atoms with E-state index in [1.165, 1.54) is 6.42 Å². The van der Waals surface area contributed by atoms with Crippen LogP contribution in [-0.4, -0.2) is 46.3 Å². The van der Waals surface area contributed by atoms with Gasteiger partial charge >= 0.3 is 0 Å². The standard InChI is InChI=1S/C14H20N4O2/c19-13(5-4-12-10-15-6-7-16-12)17-11-14(20)18-8-2-1-3-9-18/h6-7,10H,1-5,8-9,11H2,(H,17,19). The van der Waals surface area contributed by atoms with E-state index in [1.807, 2.05) is 4.90 Å². The number of nitrogens with zero attached hydrogens (tertiary/aromatic N) is 3. The number of carbonyl (C=O) groups is 2. The van der Waals surface area contributed by atoms with Crippen molar-refractivity contribution in [2.75, 3.05) is 19.6 Å². The smallest absolute Gasteiger partial charge is 0.241 e. The first-order valence-corrected chi connectivity index (χ1v) is 7.05. The van der Waals surface area contributed by atoms with Crippen molar-refractivity contribution in [1.29, 1.82) is 0 Å². The maximum absolute atomic E-state index is 11.9. The Labute approximate surface area is 118 Å². The largest absolute Gasteiger partial charge is 0.347 e. The molecule has 6 heteroatoms. The first-order valence-electron chi connectivity index (χ1n) is 7.05. The fourth-order valence-electron chi connectivity index (χ4n) is 2.22. The summed E-state index contributed by atoms with van der Waals surface area (Å²) in [5.41, 5.74) is 0.782. The van der Waals surface area contributed by atoms with Crippen LogP contribution in [0, 0.1) is 0 Å². The number of piperidine rings is 1. The van der Waals surface area contributed by atoms with Crippen LogP contribution in [0.5, 0.6) is 0 Å². The summed E-state index contributed by atoms with van der Waals surface area (Å²) in [7, 11) is 0. The van der Waals surface area contributed by atoms with Crippen LogP contribution in [0.15, 0.2) is 18.6 Å². The van der Waals surface area contributed by atoms with Gasteiger partial charge in [0.1, 0.15) is 0 Å². The molecular weight excluding hydrogens is 256 g/mol. The maximum Gasteiger partial charge on any atom is 0.241 e. The number of aromatic nitrogens is 2. The van der Waals surface area contributed by atoms with E-state index in [0.717, 1.165) is 31.6 Å². The van der Waals surface area contributed by atoms with E-state index in [0.29, 0.717) is 12.8 Å². The van der Waals surface area contributed by atoms with Gasteiger partial charge in [-0.3, -0.25) is 19.6 Å². The summed E-state index contributed by atoms with van der Waals surface area (Å²) < 4.78 is 0. The number of hydrogen-bond acceptors (Lipinski definition) is 4. The van der Waals surface area contributed by atoms with Gasteiger partial charge in [0.25, 0.3) is 0 Å². The first kappa shape index (κ1) is 14.4. The van der Waals surface area contributed by atoms with Gasteiger partial charge in [0.15, 0.2) is 0 Å². The Bertz CT molecular complexity index is 444. The Balaban J connectivity index is 1.65. The second-order valence-corrected chi connectivity index (χ2v) is 4.91. The van der Waals surface area contributed by atoms with Crippen LogP contribution in [0.1, 0.15) is 31.4 Å². The summed E-state index contributed by atoms with van der Waals surface area (Å²) in [6, 6.07) is 0. The number of aryl methyl sites for hydroxylation is 1. The van der Waals surface area contributed by atoms with Crippen LogP contribution in [0.3, 0.4) is 0 Å². The minimum atomic E-state index is -0.124. The minimum absolute atomic E-state index is 0.0116. The second-order valence-electron chi connectivity index (χ2n) is 4.91. The molecule has 0 saturated carbocycles. The van der Waals surface area contributed by atoms with Crippen molar-refractivity contribution in [2.24, 2.45) is 0 Å². The van der Waals surface area contributed by atoms with Gasteiger partial charge in [0, 0.05) is 38.1 Å². The SMILES string of the molecule is O=C(CCc1cnccn1)NCC(=O)N1CCCCC1. The highest BCUT2D eigenvalue weighted by atomic mass is 16.2. The van der Waals surface area contributed by atoms with Crippen LogP contribution in [-0.2, 0) is 16.0 Å². The van der Waals surface area contributed by atoms with Crippen LogP contribution in [0.25, 0.3) is 0 Å². The van der Waals surface area contributed by atoms with Gasteiger partial charge in [-0.05, 0) is 25.7 Å². The van der Waals surface area contributed by atoms with Gasteiger partial charge in [-0.2, -0.15) is 0 Å². The number of amides is 2. The van der Waals surface area contributed by atoms with E-state index in [2.05, 4.69) is 15.3 Å². The fourth-order valence-corrected chi connectivity index (χ4v) is 2.22. The number of nitrogens with one attached hydrogen (secondary N) is 1. The molecule has 1 aromatic heterocycles. The molecule has 2 amide bonds. The van der Waals surface area contributed by atoms with Gasteiger partial charge in [0.05, 0.1) is 12.2 Å². The zero-order chi connectivity index (χ0) is 14.2. The highest BCUT2D eigenvalue weighted by Crippen LogP contribution is 2.08. The molecule has 1 aliphatic heterocycles. The highest BCUT2D eigenvalue weighted by molar-refractivity contribution is 5.84. The fraction of sp³-hybridized carbons (Fsp3) is 0.571. The summed E-state index contributed by atoms with van der Waals surface area (Å²) in [5.74, 6) is -0.112. The Morgan fingerprint density at radius 1 is 1.20 bits per heavy atom. The normalized spacial score (nSPS) is 14.9. The topological polar surface area (TPSA) is 75.2 Å². The predicted octanol–water partition coefficient (Wildman–Crippen LogP) is 0.538. The second kappa shape index (κ2) is 7.57. The Kier molecular flexibility index (Phi) is 5.46. The van der Waals surface area contributed by atoms with Crippen molar-refractivity contribution in [1.82, 2.24) is 20.2 Å². The van der Waals surface area contributed by atoms with Gasteiger partial charge < -0.3 is 10.2 Å². The summed E-state index contributed by atoms with van der Waals surface area (Å²) >= 11 is 0. The molecule has 0 atom stereocenters. The molecule has 0 spiro atoms. The number of hydrogen-bond donors (Lipinski definition) is 1. The number of carbonyl (C=O) groups excluding carboxylic acids is 2. The third kappa shape index (κ3) is 4.60. The summed E-state index contributed by atoms with van der Waals surface area (Å²) in [6.45, 7) is 1.72. The van der Waals surface area contributed by atoms with Crippen molar-refractivity contribution in [3.8, 4) is 0 Å². The van der Waals surface area contributed by atoms with Crippen molar-refractivity contribution in [2.45, 2.75) is 32.1 Å². The Morgan fingerprint density at radius 3 is 2.70 bits per heavy atom. The van der Waals surface area contributed by atoms with E-state index < -0.39 is 0 Å². The highest BCUT2D eigenvalue weighted by Gasteiger charge is 2.16. The molecule has 0 aromatic carbocycles. The molecule has 6 nitrogen and oxygen atoms in total. The summed E-state index contributed by atoms with van der Waals surface area (Å²) in [5, 5.41) is 2.67. The molecule has 2 rings (SSSR count). The maximum atomic E-state index is 11.9. The average Bonchev–Trinajstić information content (AvgIpc) is 2.52. The van der Waals surface area contributed by atoms with E-state index in [4.69, 9.17) is 0 Å². The lowest BCUT2D eigenvalue weighted by atomic mass is 10.1. The van der Waals surface area contributed by atoms with Crippen molar-refractivity contribution in [3.05, 3.63) is 24.3 Å². The predicted molar refractivity (Wildman–Crippen MR) is 73.8 cm³/mol. The number of likely N-dealkylation sites (tertiary alicyclic amines) is 1. The molecule has 0 unspecified atom stereocenters. The van der Waals surface area contributed by atoms with Crippen LogP contribution < -0.4 is 5.32 Å². The number of rotatable bonds is 5. The molecule has 1 saturated heterocycles. The molecule has 1 fully saturated rings. The van der Waals surface area contributed by atoms with E-state index >= 15 is 0 Å².